The molecule has 2 amide bonds. The number of nitrogens with zero attached hydrogens (tertiary/aromatic N) is 1. The lowest BCUT2D eigenvalue weighted by Gasteiger charge is -2.49. The summed E-state index contributed by atoms with van der Waals surface area (Å²) in [5.41, 5.74) is 2.43. The fraction of sp³-hybridized carbons (Fsp3) is 0.304. The van der Waals surface area contributed by atoms with Gasteiger partial charge in [0, 0.05) is 37.2 Å². The first-order valence-electron chi connectivity index (χ1n) is 9.72. The normalized spacial score (nSPS) is 15.0. The molecule has 2 heterocycles. The maximum absolute atomic E-state index is 12.8. The third-order valence-electron chi connectivity index (χ3n) is 5.74. The fourth-order valence-corrected chi connectivity index (χ4v) is 4.19. The summed E-state index contributed by atoms with van der Waals surface area (Å²) in [6.45, 7) is 0.843. The number of aromatic amines is 1. The highest BCUT2D eigenvalue weighted by Gasteiger charge is 2.50. The number of para-hydroxylation sites is 1. The molecule has 29 heavy (non-hydrogen) atoms. The molecule has 4 rings (SSSR count). The number of hydrogen-bond acceptors (Lipinski definition) is 3. The Bertz CT molecular complexity index is 1050. The fourth-order valence-electron chi connectivity index (χ4n) is 4.19. The Hall–Kier alpha value is -3.28. The lowest BCUT2D eigenvalue weighted by molar-refractivity contribution is -0.152. The molecular formula is C23H25N3O3. The number of fused-ring (bicyclic) bond motifs is 1. The van der Waals surface area contributed by atoms with Crippen molar-refractivity contribution < 1.29 is 14.3 Å². The standard InChI is InChI=1S/C23H25N3O3/c1-24-22(28)23(12-16-6-5-7-18(10-16)29-2)14-26(15-23)21(27)11-17-13-25-20-9-4-3-8-19(17)20/h3-10,13,25H,11-12,14-15H2,1-2H3,(H,24,28). The van der Waals surface area contributed by atoms with Crippen LogP contribution in [0.5, 0.6) is 5.75 Å². The molecule has 2 N–H and O–H groups in total. The summed E-state index contributed by atoms with van der Waals surface area (Å²) in [5, 5.41) is 3.84. The first kappa shape index (κ1) is 19.1. The highest BCUT2D eigenvalue weighted by atomic mass is 16.5. The van der Waals surface area contributed by atoms with E-state index < -0.39 is 5.41 Å². The van der Waals surface area contributed by atoms with E-state index in [9.17, 15) is 9.59 Å². The largest absolute Gasteiger partial charge is 0.497 e. The Kier molecular flexibility index (Phi) is 5.01. The number of methoxy groups -OCH3 is 1. The van der Waals surface area contributed by atoms with E-state index in [4.69, 9.17) is 4.74 Å². The van der Waals surface area contributed by atoms with Crippen LogP contribution in [0.3, 0.4) is 0 Å². The van der Waals surface area contributed by atoms with Gasteiger partial charge in [-0.05, 0) is 35.7 Å². The number of carbonyl (C=O) groups is 2. The van der Waals surface area contributed by atoms with Gasteiger partial charge in [0.2, 0.25) is 11.8 Å². The van der Waals surface area contributed by atoms with Crippen molar-refractivity contribution in [2.75, 3.05) is 27.2 Å². The molecule has 0 atom stereocenters. The second kappa shape index (κ2) is 7.62. The van der Waals surface area contributed by atoms with Gasteiger partial charge in [0.25, 0.3) is 0 Å². The maximum atomic E-state index is 12.8. The van der Waals surface area contributed by atoms with Gasteiger partial charge < -0.3 is 19.9 Å². The van der Waals surface area contributed by atoms with E-state index in [-0.39, 0.29) is 11.8 Å². The number of hydrogen-bond donors (Lipinski definition) is 2. The van der Waals surface area contributed by atoms with E-state index in [1.54, 1.807) is 19.1 Å². The Morgan fingerprint density at radius 2 is 1.97 bits per heavy atom. The zero-order valence-corrected chi connectivity index (χ0v) is 16.7. The topological polar surface area (TPSA) is 74.4 Å². The number of benzene rings is 2. The molecule has 1 saturated heterocycles. The number of H-pyrrole nitrogens is 1. The van der Waals surface area contributed by atoms with Gasteiger partial charge in [-0.2, -0.15) is 0 Å². The molecule has 1 aliphatic heterocycles. The number of carbonyl (C=O) groups excluding carboxylic acids is 2. The number of aromatic nitrogens is 1. The van der Waals surface area contributed by atoms with Gasteiger partial charge >= 0.3 is 0 Å². The van der Waals surface area contributed by atoms with Crippen LogP contribution in [0.15, 0.2) is 54.7 Å². The molecule has 0 spiro atoms. The van der Waals surface area contributed by atoms with Crippen LogP contribution in [-0.2, 0) is 22.4 Å². The van der Waals surface area contributed by atoms with E-state index in [0.717, 1.165) is 27.8 Å². The van der Waals surface area contributed by atoms with Crippen LogP contribution in [0, 0.1) is 5.41 Å². The number of nitrogens with one attached hydrogen (secondary N) is 2. The third kappa shape index (κ3) is 3.58. The van der Waals surface area contributed by atoms with Gasteiger partial charge in [-0.15, -0.1) is 0 Å². The van der Waals surface area contributed by atoms with Crippen LogP contribution < -0.4 is 10.1 Å². The second-order valence-electron chi connectivity index (χ2n) is 7.67. The predicted octanol–water partition coefficient (Wildman–Crippen LogP) is 2.54. The molecule has 0 radical (unpaired) electrons. The molecule has 1 aliphatic rings. The van der Waals surface area contributed by atoms with Crippen molar-refractivity contribution in [1.82, 2.24) is 15.2 Å². The van der Waals surface area contributed by atoms with Gasteiger partial charge in [0.05, 0.1) is 18.9 Å². The lowest BCUT2D eigenvalue weighted by Crippen LogP contribution is -2.65. The Morgan fingerprint density at radius 1 is 1.17 bits per heavy atom. The lowest BCUT2D eigenvalue weighted by atomic mass is 9.73. The first-order chi connectivity index (χ1) is 14.0. The smallest absolute Gasteiger partial charge is 0.229 e. The van der Waals surface area contributed by atoms with Crippen molar-refractivity contribution in [3.8, 4) is 5.75 Å². The SMILES string of the molecule is CNC(=O)C1(Cc2cccc(OC)c2)CN(C(=O)Cc2c[nH]c3ccccc23)C1. The minimum absolute atomic E-state index is 0.0311. The molecule has 2 aromatic carbocycles. The summed E-state index contributed by atoms with van der Waals surface area (Å²) >= 11 is 0. The van der Waals surface area contributed by atoms with E-state index in [0.29, 0.717) is 25.9 Å². The molecule has 1 aromatic heterocycles. The molecule has 0 aliphatic carbocycles. The zero-order chi connectivity index (χ0) is 20.4. The molecule has 6 heteroatoms. The van der Waals surface area contributed by atoms with E-state index in [2.05, 4.69) is 10.3 Å². The maximum Gasteiger partial charge on any atom is 0.229 e. The Balaban J connectivity index is 1.47. The highest BCUT2D eigenvalue weighted by Crippen LogP contribution is 2.36. The molecule has 150 valence electrons. The van der Waals surface area contributed by atoms with E-state index in [1.807, 2.05) is 54.7 Å². The average Bonchev–Trinajstić information content (AvgIpc) is 3.12. The quantitative estimate of drug-likeness (QED) is 0.678. The number of amides is 2. The molecule has 0 bridgehead atoms. The van der Waals surface area contributed by atoms with Crippen molar-refractivity contribution in [2.24, 2.45) is 5.41 Å². The van der Waals surface area contributed by atoms with Crippen molar-refractivity contribution in [3.63, 3.8) is 0 Å². The molecule has 0 saturated carbocycles. The molecule has 6 nitrogen and oxygen atoms in total. The highest BCUT2D eigenvalue weighted by molar-refractivity contribution is 5.91. The van der Waals surface area contributed by atoms with Crippen molar-refractivity contribution in [1.29, 1.82) is 0 Å². The third-order valence-corrected chi connectivity index (χ3v) is 5.74. The van der Waals surface area contributed by atoms with Crippen molar-refractivity contribution >= 4 is 22.7 Å². The summed E-state index contributed by atoms with van der Waals surface area (Å²) in [5.74, 6) is 0.775. The van der Waals surface area contributed by atoms with Crippen molar-refractivity contribution in [3.05, 3.63) is 65.9 Å². The van der Waals surface area contributed by atoms with E-state index >= 15 is 0 Å². The van der Waals surface area contributed by atoms with Crippen LogP contribution in [0.25, 0.3) is 10.9 Å². The summed E-state index contributed by atoms with van der Waals surface area (Å²) in [4.78, 5) is 30.5. The van der Waals surface area contributed by atoms with E-state index in [1.165, 1.54) is 0 Å². The first-order valence-corrected chi connectivity index (χ1v) is 9.72. The summed E-state index contributed by atoms with van der Waals surface area (Å²) < 4.78 is 5.29. The van der Waals surface area contributed by atoms with Crippen LogP contribution in [0.1, 0.15) is 11.1 Å². The van der Waals surface area contributed by atoms with Crippen LogP contribution >= 0.6 is 0 Å². The minimum Gasteiger partial charge on any atom is -0.497 e. The van der Waals surface area contributed by atoms with Gasteiger partial charge in [-0.3, -0.25) is 9.59 Å². The van der Waals surface area contributed by atoms with Gasteiger partial charge in [-0.25, -0.2) is 0 Å². The van der Waals surface area contributed by atoms with Gasteiger partial charge in [-0.1, -0.05) is 30.3 Å². The van der Waals surface area contributed by atoms with Crippen molar-refractivity contribution in [2.45, 2.75) is 12.8 Å². The molecular weight excluding hydrogens is 366 g/mol. The molecule has 1 fully saturated rings. The zero-order valence-electron chi connectivity index (χ0n) is 16.7. The summed E-state index contributed by atoms with van der Waals surface area (Å²) in [6, 6.07) is 15.7. The van der Waals surface area contributed by atoms with Crippen LogP contribution in [0.2, 0.25) is 0 Å². The molecule has 3 aromatic rings. The molecule has 0 unspecified atom stereocenters. The van der Waals surface area contributed by atoms with Crippen LogP contribution in [0.4, 0.5) is 0 Å². The van der Waals surface area contributed by atoms with Gasteiger partial charge in [0.1, 0.15) is 5.75 Å². The van der Waals surface area contributed by atoms with Gasteiger partial charge in [0.15, 0.2) is 0 Å². The summed E-state index contributed by atoms with van der Waals surface area (Å²) in [7, 11) is 3.27. The number of likely N-dealkylation sites (tertiary alicyclic amines) is 1. The Morgan fingerprint density at radius 3 is 2.72 bits per heavy atom. The number of rotatable bonds is 6. The van der Waals surface area contributed by atoms with Crippen LogP contribution in [-0.4, -0.2) is 48.9 Å². The average molecular weight is 391 g/mol. The Labute approximate surface area is 169 Å². The summed E-state index contributed by atoms with van der Waals surface area (Å²) in [6.07, 6.45) is 2.79. The predicted molar refractivity (Wildman–Crippen MR) is 112 cm³/mol. The monoisotopic (exact) mass is 391 g/mol. The number of ether oxygens (including phenoxy) is 1. The second-order valence-corrected chi connectivity index (χ2v) is 7.67. The minimum atomic E-state index is -0.600.